The Balaban J connectivity index is 2.50. The lowest BCUT2D eigenvalue weighted by Gasteiger charge is -2.11. The number of carbonyl (C=O) groups excluding carboxylic acids is 1. The Labute approximate surface area is 108 Å². The van der Waals surface area contributed by atoms with Crippen molar-refractivity contribution in [2.45, 2.75) is 27.4 Å². The number of aliphatic hydroxyl groups excluding tert-OH is 1. The van der Waals surface area contributed by atoms with Crippen LogP contribution in [0.1, 0.15) is 25.0 Å². The van der Waals surface area contributed by atoms with E-state index in [1.165, 1.54) is 0 Å². The van der Waals surface area contributed by atoms with Crippen molar-refractivity contribution in [2.75, 3.05) is 13.2 Å². The van der Waals surface area contributed by atoms with E-state index < -0.39 is 0 Å². The number of hydrogen-bond donors (Lipinski definition) is 2. The van der Waals surface area contributed by atoms with Crippen LogP contribution in [-0.4, -0.2) is 24.2 Å². The van der Waals surface area contributed by atoms with Crippen molar-refractivity contribution in [3.8, 4) is 5.75 Å². The fourth-order valence-electron chi connectivity index (χ4n) is 1.48. The van der Waals surface area contributed by atoms with Gasteiger partial charge in [0.05, 0.1) is 6.61 Å². The molecule has 0 atom stereocenters. The molecule has 4 heteroatoms. The first-order valence-corrected chi connectivity index (χ1v) is 6.12. The van der Waals surface area contributed by atoms with E-state index in [0.29, 0.717) is 23.8 Å². The fourth-order valence-corrected chi connectivity index (χ4v) is 1.48. The number of carbonyl (C=O) groups is 1. The Morgan fingerprint density at radius 2 is 2.17 bits per heavy atom. The zero-order valence-corrected chi connectivity index (χ0v) is 11.2. The lowest BCUT2D eigenvalue weighted by atomic mass is 10.1. The van der Waals surface area contributed by atoms with Gasteiger partial charge in [-0.15, -0.1) is 0 Å². The summed E-state index contributed by atoms with van der Waals surface area (Å²) in [7, 11) is 0. The number of hydrogen-bond acceptors (Lipinski definition) is 3. The van der Waals surface area contributed by atoms with Crippen molar-refractivity contribution < 1.29 is 14.6 Å². The molecule has 0 aliphatic rings. The normalized spacial score (nSPS) is 10.5. The van der Waals surface area contributed by atoms with Gasteiger partial charge in [-0.3, -0.25) is 4.79 Å². The number of nitrogens with one attached hydrogen (secondary N) is 1. The van der Waals surface area contributed by atoms with E-state index >= 15 is 0 Å². The lowest BCUT2D eigenvalue weighted by molar-refractivity contribution is -0.123. The van der Waals surface area contributed by atoms with Crippen molar-refractivity contribution in [1.29, 1.82) is 0 Å². The molecule has 0 saturated heterocycles. The van der Waals surface area contributed by atoms with Gasteiger partial charge in [0, 0.05) is 12.1 Å². The number of rotatable bonds is 6. The van der Waals surface area contributed by atoms with Gasteiger partial charge >= 0.3 is 0 Å². The molecule has 0 unspecified atom stereocenters. The average Bonchev–Trinajstić information content (AvgIpc) is 2.34. The zero-order chi connectivity index (χ0) is 13.5. The Hall–Kier alpha value is -1.55. The van der Waals surface area contributed by atoms with Gasteiger partial charge in [0.15, 0.2) is 6.61 Å². The van der Waals surface area contributed by atoms with Crippen LogP contribution in [0.15, 0.2) is 18.2 Å². The third-order valence-electron chi connectivity index (χ3n) is 2.45. The third kappa shape index (κ3) is 4.75. The summed E-state index contributed by atoms with van der Waals surface area (Å²) >= 11 is 0. The van der Waals surface area contributed by atoms with Crippen LogP contribution >= 0.6 is 0 Å². The van der Waals surface area contributed by atoms with Crippen molar-refractivity contribution in [3.63, 3.8) is 0 Å². The summed E-state index contributed by atoms with van der Waals surface area (Å²) in [6.45, 7) is 6.53. The summed E-state index contributed by atoms with van der Waals surface area (Å²) in [5.74, 6) is 0.831. The zero-order valence-electron chi connectivity index (χ0n) is 11.2. The van der Waals surface area contributed by atoms with E-state index in [1.54, 1.807) is 6.07 Å². The van der Waals surface area contributed by atoms with Crippen molar-refractivity contribution >= 4 is 5.91 Å². The molecule has 0 aromatic heterocycles. The molecule has 0 aliphatic heterocycles. The average molecular weight is 251 g/mol. The predicted octanol–water partition coefficient (Wildman–Crippen LogP) is 1.64. The van der Waals surface area contributed by atoms with Crippen LogP contribution in [0.3, 0.4) is 0 Å². The molecule has 0 fully saturated rings. The van der Waals surface area contributed by atoms with Crippen LogP contribution in [-0.2, 0) is 11.4 Å². The maximum Gasteiger partial charge on any atom is 0.257 e. The molecular formula is C14H21NO3. The highest BCUT2D eigenvalue weighted by Crippen LogP contribution is 2.19. The second-order valence-electron chi connectivity index (χ2n) is 4.76. The maximum atomic E-state index is 11.5. The van der Waals surface area contributed by atoms with Gasteiger partial charge in [-0.1, -0.05) is 31.5 Å². The van der Waals surface area contributed by atoms with Gasteiger partial charge < -0.3 is 15.2 Å². The minimum atomic E-state index is -0.145. The van der Waals surface area contributed by atoms with E-state index in [-0.39, 0.29) is 19.1 Å². The van der Waals surface area contributed by atoms with E-state index in [4.69, 9.17) is 4.74 Å². The molecule has 100 valence electrons. The molecule has 4 nitrogen and oxygen atoms in total. The molecule has 1 rings (SSSR count). The minimum absolute atomic E-state index is 0.0250. The van der Waals surface area contributed by atoms with Crippen LogP contribution in [0.4, 0.5) is 0 Å². The first-order valence-electron chi connectivity index (χ1n) is 6.12. The largest absolute Gasteiger partial charge is 0.483 e. The Morgan fingerprint density at radius 1 is 1.44 bits per heavy atom. The van der Waals surface area contributed by atoms with Crippen LogP contribution < -0.4 is 10.1 Å². The molecule has 0 spiro atoms. The molecule has 2 N–H and O–H groups in total. The van der Waals surface area contributed by atoms with Gasteiger partial charge in [0.2, 0.25) is 0 Å². The molecule has 0 radical (unpaired) electrons. The van der Waals surface area contributed by atoms with Crippen LogP contribution in [0.2, 0.25) is 0 Å². The predicted molar refractivity (Wildman–Crippen MR) is 70.4 cm³/mol. The van der Waals surface area contributed by atoms with Gasteiger partial charge in [-0.05, 0) is 18.9 Å². The van der Waals surface area contributed by atoms with E-state index in [1.807, 2.05) is 32.9 Å². The monoisotopic (exact) mass is 251 g/mol. The standard InChI is InChI=1S/C14H21NO3/c1-10(2)7-15-14(17)9-18-13-5-4-11(3)6-12(13)8-16/h4-6,10,16H,7-9H2,1-3H3,(H,15,17). The van der Waals surface area contributed by atoms with Crippen LogP contribution in [0, 0.1) is 12.8 Å². The summed E-state index contributed by atoms with van der Waals surface area (Å²) in [4.78, 5) is 11.5. The molecule has 0 saturated carbocycles. The van der Waals surface area contributed by atoms with Crippen molar-refractivity contribution in [1.82, 2.24) is 5.32 Å². The molecule has 1 aromatic rings. The Bertz CT molecular complexity index is 402. The molecule has 0 heterocycles. The first-order chi connectivity index (χ1) is 8.52. The van der Waals surface area contributed by atoms with Gasteiger partial charge in [0.25, 0.3) is 5.91 Å². The lowest BCUT2D eigenvalue weighted by Crippen LogP contribution is -2.31. The second kappa shape index (κ2) is 7.01. The number of amides is 1. The quantitative estimate of drug-likeness (QED) is 0.808. The van der Waals surface area contributed by atoms with Gasteiger partial charge in [0.1, 0.15) is 5.75 Å². The molecular weight excluding hydrogens is 230 g/mol. The highest BCUT2D eigenvalue weighted by molar-refractivity contribution is 5.77. The Morgan fingerprint density at radius 3 is 2.78 bits per heavy atom. The van der Waals surface area contributed by atoms with Gasteiger partial charge in [-0.25, -0.2) is 0 Å². The van der Waals surface area contributed by atoms with E-state index in [0.717, 1.165) is 5.56 Å². The van der Waals surface area contributed by atoms with Crippen LogP contribution in [0.5, 0.6) is 5.75 Å². The molecule has 1 amide bonds. The summed E-state index contributed by atoms with van der Waals surface area (Å²) in [5, 5.41) is 12.0. The summed E-state index contributed by atoms with van der Waals surface area (Å²) in [6.07, 6.45) is 0. The summed E-state index contributed by atoms with van der Waals surface area (Å²) in [5.41, 5.74) is 1.75. The number of ether oxygens (including phenoxy) is 1. The minimum Gasteiger partial charge on any atom is -0.483 e. The topological polar surface area (TPSA) is 58.6 Å². The molecule has 18 heavy (non-hydrogen) atoms. The van der Waals surface area contributed by atoms with Gasteiger partial charge in [-0.2, -0.15) is 0 Å². The van der Waals surface area contributed by atoms with Crippen LogP contribution in [0.25, 0.3) is 0 Å². The number of aryl methyl sites for hydroxylation is 1. The fraction of sp³-hybridized carbons (Fsp3) is 0.500. The second-order valence-corrected chi connectivity index (χ2v) is 4.76. The Kier molecular flexibility index (Phi) is 5.65. The third-order valence-corrected chi connectivity index (χ3v) is 2.45. The van der Waals surface area contributed by atoms with E-state index in [9.17, 15) is 9.90 Å². The van der Waals surface area contributed by atoms with E-state index in [2.05, 4.69) is 5.32 Å². The number of benzene rings is 1. The highest BCUT2D eigenvalue weighted by Gasteiger charge is 2.07. The molecule has 1 aromatic carbocycles. The first kappa shape index (κ1) is 14.5. The SMILES string of the molecule is Cc1ccc(OCC(=O)NCC(C)C)c(CO)c1. The smallest absolute Gasteiger partial charge is 0.257 e. The highest BCUT2D eigenvalue weighted by atomic mass is 16.5. The maximum absolute atomic E-state index is 11.5. The molecule has 0 bridgehead atoms. The summed E-state index contributed by atoms with van der Waals surface area (Å²) < 4.78 is 5.41. The number of aliphatic hydroxyl groups is 1. The van der Waals surface area contributed by atoms with Crippen molar-refractivity contribution in [3.05, 3.63) is 29.3 Å². The molecule has 0 aliphatic carbocycles. The van der Waals surface area contributed by atoms with Crippen molar-refractivity contribution in [2.24, 2.45) is 5.92 Å². The summed E-state index contributed by atoms with van der Waals surface area (Å²) in [6, 6.07) is 5.51.